The number of benzene rings is 4. The van der Waals surface area contributed by atoms with Crippen molar-refractivity contribution in [3.05, 3.63) is 131 Å². The number of aromatic nitrogens is 5. The first-order valence-electron chi connectivity index (χ1n) is 16.5. The molecule has 2 aliphatic carbocycles. The fourth-order valence-electron chi connectivity index (χ4n) is 6.27. The molecule has 10 nitrogen and oxygen atoms in total. The van der Waals surface area contributed by atoms with Crippen molar-refractivity contribution in [1.29, 1.82) is 0 Å². The number of hydrogen-bond acceptors (Lipinski definition) is 8. The van der Waals surface area contributed by atoms with E-state index in [1.165, 1.54) is 12.1 Å². The Balaban J connectivity index is 1.02. The van der Waals surface area contributed by atoms with Crippen molar-refractivity contribution in [1.82, 2.24) is 25.2 Å². The van der Waals surface area contributed by atoms with E-state index in [2.05, 4.69) is 26.9 Å². The maximum atomic E-state index is 14.8. The molecular weight excluding hydrogens is 635 g/mol. The van der Waals surface area contributed by atoms with Gasteiger partial charge >= 0.3 is 5.97 Å². The molecule has 0 spiro atoms. The molecule has 1 N–H and O–H groups in total. The summed E-state index contributed by atoms with van der Waals surface area (Å²) in [6, 6.07) is 29.1. The van der Waals surface area contributed by atoms with Crippen molar-refractivity contribution in [2.45, 2.75) is 38.0 Å². The molecular formula is C39H31FN6O4. The Labute approximate surface area is 286 Å². The number of esters is 1. The summed E-state index contributed by atoms with van der Waals surface area (Å²) in [6.45, 7) is -0.605. The van der Waals surface area contributed by atoms with E-state index in [-0.39, 0.29) is 11.6 Å². The minimum Gasteiger partial charge on any atom is -0.457 e. The van der Waals surface area contributed by atoms with Gasteiger partial charge in [-0.1, -0.05) is 48.5 Å². The largest absolute Gasteiger partial charge is 0.457 e. The van der Waals surface area contributed by atoms with Gasteiger partial charge in [-0.05, 0) is 114 Å². The summed E-state index contributed by atoms with van der Waals surface area (Å²) in [7, 11) is 0. The molecule has 2 aromatic heterocycles. The maximum absolute atomic E-state index is 14.8. The fraction of sp³-hybridized carbons (Fsp3) is 0.179. The average Bonchev–Trinajstić information content (AvgIpc) is 3.87. The molecule has 0 unspecified atom stereocenters. The predicted octanol–water partition coefficient (Wildman–Crippen LogP) is 7.69. The molecule has 0 bridgehead atoms. The molecule has 1 fully saturated rings. The zero-order chi connectivity index (χ0) is 34.0. The molecule has 1 amide bonds. The number of carbonyl (C=O) groups is 2. The summed E-state index contributed by atoms with van der Waals surface area (Å²) < 4.78 is 27.8. The van der Waals surface area contributed by atoms with Gasteiger partial charge in [0.25, 0.3) is 5.91 Å². The third-order valence-electron chi connectivity index (χ3n) is 8.81. The van der Waals surface area contributed by atoms with E-state index in [4.69, 9.17) is 14.5 Å². The summed E-state index contributed by atoms with van der Waals surface area (Å²) >= 11 is 0. The predicted molar refractivity (Wildman–Crippen MR) is 186 cm³/mol. The number of pyridine rings is 1. The summed E-state index contributed by atoms with van der Waals surface area (Å²) in [5.74, 6) is 0.488. The molecule has 2 aliphatic rings. The number of carbonyl (C=O) groups excluding carboxylic acids is 2. The van der Waals surface area contributed by atoms with Crippen molar-refractivity contribution in [3.8, 4) is 17.2 Å². The van der Waals surface area contributed by atoms with Gasteiger partial charge in [-0.15, -0.1) is 5.10 Å². The van der Waals surface area contributed by atoms with E-state index >= 15 is 0 Å². The van der Waals surface area contributed by atoms with Crippen LogP contribution < -0.4 is 10.1 Å². The molecule has 0 radical (unpaired) electrons. The standard InChI is InChI=1S/C39H31FN6O4/c40-32-20-17-27(46-38(25-15-16-25)43-44-45-46)22-34(32)41-35(47)23-49-39(48)36-30-10-4-5-12-33(30)42-37-26(7-6-11-31(36)37)21-24-13-18-29(19-14-24)50-28-8-2-1-3-9-28/h1-5,8-10,12-14,17-22,25H,6-7,11,15-16,23H2,(H,41,47)/b26-21-. The van der Waals surface area contributed by atoms with E-state index in [0.29, 0.717) is 34.4 Å². The van der Waals surface area contributed by atoms with E-state index in [0.717, 1.165) is 59.6 Å². The lowest BCUT2D eigenvalue weighted by Crippen LogP contribution is -2.23. The normalized spacial score (nSPS) is 14.7. The zero-order valence-corrected chi connectivity index (χ0v) is 26.9. The van der Waals surface area contributed by atoms with Gasteiger partial charge in [0.05, 0.1) is 28.1 Å². The van der Waals surface area contributed by atoms with Crippen LogP contribution in [-0.2, 0) is 16.0 Å². The second-order valence-corrected chi connectivity index (χ2v) is 12.4. The van der Waals surface area contributed by atoms with Gasteiger partial charge < -0.3 is 14.8 Å². The molecule has 0 saturated heterocycles. The van der Waals surface area contributed by atoms with E-state index in [9.17, 15) is 14.0 Å². The third kappa shape index (κ3) is 6.45. The van der Waals surface area contributed by atoms with E-state index in [1.807, 2.05) is 78.9 Å². The summed E-state index contributed by atoms with van der Waals surface area (Å²) in [5, 5.41) is 15.1. The first kappa shape index (κ1) is 31.1. The fourth-order valence-corrected chi connectivity index (χ4v) is 6.27. The molecule has 2 heterocycles. The summed E-state index contributed by atoms with van der Waals surface area (Å²) in [5.41, 5.74) is 4.98. The number of amides is 1. The minimum absolute atomic E-state index is 0.0676. The quantitative estimate of drug-likeness (QED) is 0.156. The molecule has 4 aromatic carbocycles. The number of halogens is 1. The van der Waals surface area contributed by atoms with Crippen LogP contribution in [0.25, 0.3) is 28.2 Å². The van der Waals surface area contributed by atoms with E-state index in [1.54, 1.807) is 10.7 Å². The topological polar surface area (TPSA) is 121 Å². The number of nitrogens with zero attached hydrogens (tertiary/aromatic N) is 5. The van der Waals surface area contributed by atoms with Crippen LogP contribution in [0.4, 0.5) is 10.1 Å². The molecule has 11 heteroatoms. The lowest BCUT2D eigenvalue weighted by molar-refractivity contribution is -0.119. The Kier molecular flexibility index (Phi) is 8.29. The number of para-hydroxylation sites is 2. The number of anilines is 1. The Morgan fingerprint density at radius 3 is 2.52 bits per heavy atom. The van der Waals surface area contributed by atoms with Crippen LogP contribution in [0.5, 0.6) is 11.5 Å². The Hall–Kier alpha value is -6.23. The van der Waals surface area contributed by atoms with Crippen molar-refractivity contribution in [3.63, 3.8) is 0 Å². The Bertz CT molecular complexity index is 2260. The molecule has 0 aliphatic heterocycles. The molecule has 50 heavy (non-hydrogen) atoms. The van der Waals surface area contributed by atoms with Crippen LogP contribution in [0.1, 0.15) is 64.6 Å². The van der Waals surface area contributed by atoms with Crippen LogP contribution in [0.3, 0.4) is 0 Å². The van der Waals surface area contributed by atoms with Crippen molar-refractivity contribution >= 4 is 40.1 Å². The highest BCUT2D eigenvalue weighted by Gasteiger charge is 2.30. The number of ether oxygens (including phenoxy) is 2. The van der Waals surface area contributed by atoms with Crippen LogP contribution in [0, 0.1) is 5.82 Å². The SMILES string of the molecule is O=C(COC(=O)c1c2c(nc3ccccc13)/C(=C\c1ccc(Oc3ccccc3)cc1)CCC2)Nc1cc(-n2nnnc2C2CC2)ccc1F. The van der Waals surface area contributed by atoms with Gasteiger partial charge in [0.1, 0.15) is 17.3 Å². The lowest BCUT2D eigenvalue weighted by atomic mass is 9.86. The molecule has 0 atom stereocenters. The van der Waals surface area contributed by atoms with E-state index < -0.39 is 24.3 Å². The molecule has 248 valence electrons. The number of rotatable bonds is 9. The van der Waals surface area contributed by atoms with Gasteiger partial charge in [-0.3, -0.25) is 4.79 Å². The highest BCUT2D eigenvalue weighted by Crippen LogP contribution is 2.39. The Morgan fingerprint density at radius 2 is 1.70 bits per heavy atom. The first-order valence-corrected chi connectivity index (χ1v) is 16.5. The van der Waals surface area contributed by atoms with Gasteiger partial charge in [0, 0.05) is 11.3 Å². The number of fused-ring (bicyclic) bond motifs is 2. The van der Waals surface area contributed by atoms with Gasteiger partial charge in [-0.2, -0.15) is 4.68 Å². The maximum Gasteiger partial charge on any atom is 0.339 e. The van der Waals surface area contributed by atoms with Crippen molar-refractivity contribution < 1.29 is 23.5 Å². The van der Waals surface area contributed by atoms with Crippen LogP contribution in [0.2, 0.25) is 0 Å². The van der Waals surface area contributed by atoms with Crippen molar-refractivity contribution in [2.75, 3.05) is 11.9 Å². The van der Waals surface area contributed by atoms with Crippen LogP contribution in [-0.4, -0.2) is 43.7 Å². The van der Waals surface area contributed by atoms with Crippen LogP contribution >= 0.6 is 0 Å². The third-order valence-corrected chi connectivity index (χ3v) is 8.81. The van der Waals surface area contributed by atoms with Crippen molar-refractivity contribution in [2.24, 2.45) is 0 Å². The average molecular weight is 667 g/mol. The summed E-state index contributed by atoms with van der Waals surface area (Å²) in [4.78, 5) is 31.7. The molecule has 8 rings (SSSR count). The number of nitrogens with one attached hydrogen (secondary N) is 1. The Morgan fingerprint density at radius 1 is 0.920 bits per heavy atom. The highest BCUT2D eigenvalue weighted by atomic mass is 19.1. The second-order valence-electron chi connectivity index (χ2n) is 12.4. The highest BCUT2D eigenvalue weighted by molar-refractivity contribution is 6.07. The smallest absolute Gasteiger partial charge is 0.339 e. The van der Waals surface area contributed by atoms with Crippen LogP contribution in [0.15, 0.2) is 97.1 Å². The molecule has 6 aromatic rings. The minimum atomic E-state index is -0.680. The molecule has 1 saturated carbocycles. The van der Waals surface area contributed by atoms with Gasteiger partial charge in [-0.25, -0.2) is 14.2 Å². The number of tetrazole rings is 1. The van der Waals surface area contributed by atoms with Gasteiger partial charge in [0.2, 0.25) is 0 Å². The lowest BCUT2D eigenvalue weighted by Gasteiger charge is -2.22. The second kappa shape index (κ2) is 13.3. The number of allylic oxidation sites excluding steroid dienone is 1. The zero-order valence-electron chi connectivity index (χ0n) is 26.9. The number of hydrogen-bond donors (Lipinski definition) is 1. The first-order chi connectivity index (χ1) is 24.5. The monoisotopic (exact) mass is 666 g/mol. The summed E-state index contributed by atoms with van der Waals surface area (Å²) in [6.07, 6.45) is 6.29. The van der Waals surface area contributed by atoms with Gasteiger partial charge in [0.15, 0.2) is 12.4 Å².